The summed E-state index contributed by atoms with van der Waals surface area (Å²) in [5, 5.41) is 9.01. The number of nitrogens with one attached hydrogen (secondary N) is 3. The van der Waals surface area contributed by atoms with Crippen LogP contribution in [0.4, 0.5) is 5.69 Å². The fourth-order valence-corrected chi connectivity index (χ4v) is 2.61. The smallest absolute Gasteiger partial charge is 0.253 e. The van der Waals surface area contributed by atoms with Crippen LogP contribution >= 0.6 is 0 Å². The number of morpholine rings is 1. The zero-order chi connectivity index (χ0) is 16.9. The first-order valence-corrected chi connectivity index (χ1v) is 8.25. The van der Waals surface area contributed by atoms with Crippen molar-refractivity contribution in [2.24, 2.45) is 0 Å². The first-order valence-electron chi connectivity index (χ1n) is 8.25. The van der Waals surface area contributed by atoms with Crippen LogP contribution in [0.15, 0.2) is 18.2 Å². The Morgan fingerprint density at radius 3 is 2.88 bits per heavy atom. The van der Waals surface area contributed by atoms with E-state index in [-0.39, 0.29) is 23.9 Å². The van der Waals surface area contributed by atoms with E-state index in [1.165, 1.54) is 0 Å². The lowest BCUT2D eigenvalue weighted by molar-refractivity contribution is -0.117. The normalized spacial score (nSPS) is 20.3. The van der Waals surface area contributed by atoms with Gasteiger partial charge >= 0.3 is 0 Å². The number of anilines is 1. The van der Waals surface area contributed by atoms with Crippen molar-refractivity contribution in [2.45, 2.75) is 31.3 Å². The van der Waals surface area contributed by atoms with Crippen molar-refractivity contribution in [2.75, 3.05) is 32.2 Å². The van der Waals surface area contributed by atoms with Crippen molar-refractivity contribution in [1.29, 1.82) is 0 Å². The van der Waals surface area contributed by atoms with Crippen LogP contribution in [-0.2, 0) is 9.53 Å². The molecule has 1 aliphatic heterocycles. The molecule has 130 valence electrons. The van der Waals surface area contributed by atoms with Gasteiger partial charge in [-0.05, 0) is 31.0 Å². The summed E-state index contributed by atoms with van der Waals surface area (Å²) in [6.45, 7) is 1.93. The van der Waals surface area contributed by atoms with Crippen LogP contribution in [0.3, 0.4) is 0 Å². The Labute approximate surface area is 141 Å². The van der Waals surface area contributed by atoms with Gasteiger partial charge in [-0.15, -0.1) is 0 Å². The zero-order valence-corrected chi connectivity index (χ0v) is 13.8. The van der Waals surface area contributed by atoms with E-state index in [1.807, 2.05) is 0 Å². The van der Waals surface area contributed by atoms with Gasteiger partial charge in [-0.1, -0.05) is 0 Å². The summed E-state index contributed by atoms with van der Waals surface area (Å²) in [6, 6.07) is 5.32. The summed E-state index contributed by atoms with van der Waals surface area (Å²) in [5.41, 5.74) is 0.915. The van der Waals surface area contributed by atoms with E-state index in [9.17, 15) is 9.59 Å². The SMILES string of the molecule is COc1ccc(NC(=O)CC2COCCN2)c(C(=O)NC2CC2)c1. The third-order valence-electron chi connectivity index (χ3n) is 4.09. The van der Waals surface area contributed by atoms with Crippen molar-refractivity contribution in [3.8, 4) is 5.75 Å². The van der Waals surface area contributed by atoms with Crippen molar-refractivity contribution >= 4 is 17.5 Å². The average Bonchev–Trinajstić information content (AvgIpc) is 3.40. The number of carbonyl (C=O) groups is 2. The molecule has 3 N–H and O–H groups in total. The van der Waals surface area contributed by atoms with Gasteiger partial charge in [-0.25, -0.2) is 0 Å². The van der Waals surface area contributed by atoms with Gasteiger partial charge in [0.2, 0.25) is 5.91 Å². The maximum atomic E-state index is 12.4. The first-order chi connectivity index (χ1) is 11.7. The lowest BCUT2D eigenvalue weighted by Gasteiger charge is -2.23. The van der Waals surface area contributed by atoms with Gasteiger partial charge in [0.15, 0.2) is 0 Å². The van der Waals surface area contributed by atoms with Crippen LogP contribution in [0.25, 0.3) is 0 Å². The van der Waals surface area contributed by atoms with Crippen LogP contribution in [0.1, 0.15) is 29.6 Å². The molecular weight excluding hydrogens is 310 g/mol. The first kappa shape index (κ1) is 16.7. The molecule has 2 fully saturated rings. The molecule has 0 spiro atoms. The standard InChI is InChI=1S/C17H23N3O4/c1-23-13-4-5-15(14(9-13)17(22)19-11-2-3-11)20-16(21)8-12-10-24-7-6-18-12/h4-5,9,11-12,18H,2-3,6-8,10H2,1H3,(H,19,22)(H,20,21). The Bertz CT molecular complexity index is 610. The van der Waals surface area contributed by atoms with Crippen LogP contribution in [0, 0.1) is 0 Å². The quantitative estimate of drug-likeness (QED) is 0.720. The predicted molar refractivity (Wildman–Crippen MR) is 89.3 cm³/mol. The number of rotatable bonds is 6. The lowest BCUT2D eigenvalue weighted by atomic mass is 10.1. The van der Waals surface area contributed by atoms with E-state index < -0.39 is 0 Å². The van der Waals surface area contributed by atoms with Gasteiger partial charge in [-0.2, -0.15) is 0 Å². The van der Waals surface area contributed by atoms with Crippen LogP contribution in [0.2, 0.25) is 0 Å². The molecule has 24 heavy (non-hydrogen) atoms. The molecule has 3 rings (SSSR count). The maximum absolute atomic E-state index is 12.4. The summed E-state index contributed by atoms with van der Waals surface area (Å²) in [4.78, 5) is 24.7. The van der Waals surface area contributed by atoms with Gasteiger partial charge in [0.25, 0.3) is 5.91 Å². The molecule has 1 aromatic rings. The topological polar surface area (TPSA) is 88.7 Å². The molecule has 1 aromatic carbocycles. The van der Waals surface area contributed by atoms with Crippen LogP contribution < -0.4 is 20.7 Å². The van der Waals surface area contributed by atoms with E-state index in [0.717, 1.165) is 19.4 Å². The number of carbonyl (C=O) groups excluding carboxylic acids is 2. The third kappa shape index (κ3) is 4.46. The Balaban J connectivity index is 1.68. The molecule has 2 amide bonds. The second-order valence-electron chi connectivity index (χ2n) is 6.14. The fraction of sp³-hybridized carbons (Fsp3) is 0.529. The van der Waals surface area contributed by atoms with Crippen molar-refractivity contribution in [3.63, 3.8) is 0 Å². The lowest BCUT2D eigenvalue weighted by Crippen LogP contribution is -2.43. The minimum atomic E-state index is -0.189. The van der Waals surface area contributed by atoms with Crippen molar-refractivity contribution in [1.82, 2.24) is 10.6 Å². The molecule has 7 heteroatoms. The van der Waals surface area contributed by atoms with Gasteiger partial charge in [0.1, 0.15) is 5.75 Å². The maximum Gasteiger partial charge on any atom is 0.253 e. The summed E-state index contributed by atoms with van der Waals surface area (Å²) in [7, 11) is 1.55. The zero-order valence-electron chi connectivity index (χ0n) is 13.8. The Kier molecular flexibility index (Phi) is 5.32. The molecule has 0 aromatic heterocycles. The van der Waals surface area contributed by atoms with E-state index in [1.54, 1.807) is 25.3 Å². The molecule has 1 saturated carbocycles. The molecular formula is C17H23N3O4. The van der Waals surface area contributed by atoms with E-state index >= 15 is 0 Å². The monoisotopic (exact) mass is 333 g/mol. The Hall–Kier alpha value is -2.12. The largest absolute Gasteiger partial charge is 0.497 e. The number of ether oxygens (including phenoxy) is 2. The molecule has 0 radical (unpaired) electrons. The molecule has 1 saturated heterocycles. The molecule has 1 unspecified atom stereocenters. The number of methoxy groups -OCH3 is 1. The minimum absolute atomic E-state index is 0.000684. The second kappa shape index (κ2) is 7.63. The van der Waals surface area contributed by atoms with E-state index in [4.69, 9.17) is 9.47 Å². The highest BCUT2D eigenvalue weighted by molar-refractivity contribution is 6.04. The van der Waals surface area contributed by atoms with Gasteiger partial charge < -0.3 is 25.4 Å². The predicted octanol–water partition coefficient (Wildman–Crippen LogP) is 0.904. The second-order valence-corrected chi connectivity index (χ2v) is 6.14. The summed E-state index contributed by atoms with van der Waals surface area (Å²) >= 11 is 0. The van der Waals surface area contributed by atoms with E-state index in [0.29, 0.717) is 36.6 Å². The van der Waals surface area contributed by atoms with Gasteiger partial charge in [-0.3, -0.25) is 9.59 Å². The van der Waals surface area contributed by atoms with Crippen molar-refractivity contribution < 1.29 is 19.1 Å². The van der Waals surface area contributed by atoms with Gasteiger partial charge in [0.05, 0.1) is 31.6 Å². The van der Waals surface area contributed by atoms with Crippen LogP contribution in [-0.4, -0.2) is 50.8 Å². The van der Waals surface area contributed by atoms with Crippen molar-refractivity contribution in [3.05, 3.63) is 23.8 Å². The highest BCUT2D eigenvalue weighted by Gasteiger charge is 2.26. The van der Waals surface area contributed by atoms with E-state index in [2.05, 4.69) is 16.0 Å². The molecule has 1 aliphatic carbocycles. The molecule has 0 bridgehead atoms. The van der Waals surface area contributed by atoms with Crippen LogP contribution in [0.5, 0.6) is 5.75 Å². The highest BCUT2D eigenvalue weighted by Crippen LogP contribution is 2.25. The summed E-state index contributed by atoms with van der Waals surface area (Å²) in [6.07, 6.45) is 2.31. The number of benzene rings is 1. The summed E-state index contributed by atoms with van der Waals surface area (Å²) < 4.78 is 10.5. The fourth-order valence-electron chi connectivity index (χ4n) is 2.61. The Morgan fingerprint density at radius 1 is 1.38 bits per heavy atom. The number of amides is 2. The highest BCUT2D eigenvalue weighted by atomic mass is 16.5. The molecule has 7 nitrogen and oxygen atoms in total. The average molecular weight is 333 g/mol. The number of hydrogen-bond donors (Lipinski definition) is 3. The van der Waals surface area contributed by atoms with Gasteiger partial charge in [0, 0.05) is 25.0 Å². The third-order valence-corrected chi connectivity index (χ3v) is 4.09. The molecule has 1 heterocycles. The minimum Gasteiger partial charge on any atom is -0.497 e. The Morgan fingerprint density at radius 2 is 2.21 bits per heavy atom. The number of hydrogen-bond acceptors (Lipinski definition) is 5. The molecule has 1 atom stereocenters. The molecule has 2 aliphatic rings. The summed E-state index contributed by atoms with van der Waals surface area (Å²) in [5.74, 6) is 0.241.